The minimum atomic E-state index is -4.43. The fraction of sp³-hybridized carbons (Fsp3) is 0.208. The van der Waals surface area contributed by atoms with Gasteiger partial charge in [0.25, 0.3) is 0 Å². The van der Waals surface area contributed by atoms with Crippen LogP contribution in [0.2, 0.25) is 0 Å². The molecule has 2 aromatic carbocycles. The van der Waals surface area contributed by atoms with Crippen LogP contribution in [0.3, 0.4) is 0 Å². The second kappa shape index (κ2) is 8.35. The predicted octanol–water partition coefficient (Wildman–Crippen LogP) is 6.82. The van der Waals surface area contributed by atoms with Crippen LogP contribution in [0.1, 0.15) is 23.0 Å². The van der Waals surface area contributed by atoms with Crippen molar-refractivity contribution >= 4 is 33.2 Å². The Kier molecular flexibility index (Phi) is 5.73. The van der Waals surface area contributed by atoms with Gasteiger partial charge in [-0.2, -0.15) is 13.2 Å². The van der Waals surface area contributed by atoms with E-state index in [0.29, 0.717) is 11.1 Å². The van der Waals surface area contributed by atoms with Crippen molar-refractivity contribution in [1.29, 1.82) is 0 Å². The number of ether oxygens (including phenoxy) is 1. The third-order valence-electron chi connectivity index (χ3n) is 5.12. The van der Waals surface area contributed by atoms with Crippen LogP contribution in [0.25, 0.3) is 31.8 Å². The number of alkyl halides is 3. The highest BCUT2D eigenvalue weighted by atomic mass is 32.1. The fourth-order valence-corrected chi connectivity index (χ4v) is 4.70. The minimum Gasteiger partial charge on any atom is -0.461 e. The van der Waals surface area contributed by atoms with E-state index in [4.69, 9.17) is 4.74 Å². The smallest absolute Gasteiger partial charge is 0.416 e. The van der Waals surface area contributed by atoms with Crippen molar-refractivity contribution in [3.05, 3.63) is 65.9 Å². The maximum absolute atomic E-state index is 13.0. The highest BCUT2D eigenvalue weighted by Crippen LogP contribution is 2.42. The zero-order valence-corrected chi connectivity index (χ0v) is 18.5. The monoisotopic (exact) mass is 458 g/mol. The normalized spacial score (nSPS) is 11.7. The number of nitrogens with zero attached hydrogens (tertiary/aromatic N) is 1. The molecule has 8 heteroatoms. The average Bonchev–Trinajstić information content (AvgIpc) is 3.31. The molecule has 0 amide bonds. The number of esters is 1. The maximum atomic E-state index is 13.0. The quantitative estimate of drug-likeness (QED) is 0.334. The van der Waals surface area contributed by atoms with Crippen LogP contribution in [0, 0.1) is 0 Å². The van der Waals surface area contributed by atoms with Crippen LogP contribution in [-0.2, 0) is 10.9 Å². The fourth-order valence-electron chi connectivity index (χ4n) is 3.50. The molecule has 0 saturated heterocycles. The van der Waals surface area contributed by atoms with Gasteiger partial charge in [0, 0.05) is 30.2 Å². The molecule has 0 aliphatic carbocycles. The van der Waals surface area contributed by atoms with Crippen LogP contribution in [0.5, 0.6) is 0 Å². The summed E-state index contributed by atoms with van der Waals surface area (Å²) >= 11 is 1.48. The molecular formula is C24H21F3N2O2S. The molecule has 0 aliphatic heterocycles. The lowest BCUT2D eigenvalue weighted by Gasteiger charge is -2.12. The first-order chi connectivity index (χ1) is 15.2. The second-order valence-electron chi connectivity index (χ2n) is 7.47. The molecule has 0 fully saturated rings. The molecule has 4 nitrogen and oxygen atoms in total. The molecule has 0 aliphatic rings. The molecule has 4 rings (SSSR count). The number of hydrogen-bond donors (Lipinski definition) is 1. The van der Waals surface area contributed by atoms with Gasteiger partial charge in [0.15, 0.2) is 0 Å². The van der Waals surface area contributed by atoms with E-state index in [1.54, 1.807) is 6.92 Å². The number of carbonyl (C=O) groups is 1. The summed E-state index contributed by atoms with van der Waals surface area (Å²) in [5.41, 5.74) is 3.39. The molecule has 166 valence electrons. The minimum absolute atomic E-state index is 0.196. The molecule has 0 unspecified atom stereocenters. The number of hydrogen-bond acceptors (Lipinski definition) is 4. The first-order valence-electron chi connectivity index (χ1n) is 9.97. The van der Waals surface area contributed by atoms with Gasteiger partial charge in [-0.15, -0.1) is 11.3 Å². The van der Waals surface area contributed by atoms with E-state index < -0.39 is 17.7 Å². The lowest BCUT2D eigenvalue weighted by molar-refractivity contribution is -0.137. The van der Waals surface area contributed by atoms with Crippen molar-refractivity contribution in [3.8, 4) is 21.6 Å². The Balaban J connectivity index is 1.82. The Morgan fingerprint density at radius 2 is 1.66 bits per heavy atom. The van der Waals surface area contributed by atoms with E-state index in [1.165, 1.54) is 23.5 Å². The number of anilines is 1. The Labute approximate surface area is 187 Å². The van der Waals surface area contributed by atoms with Gasteiger partial charge in [0.05, 0.1) is 22.4 Å². The highest BCUT2D eigenvalue weighted by molar-refractivity contribution is 7.22. The van der Waals surface area contributed by atoms with Crippen molar-refractivity contribution in [1.82, 2.24) is 4.98 Å². The summed E-state index contributed by atoms with van der Waals surface area (Å²) in [5.74, 6) is -0.539. The molecule has 2 heterocycles. The van der Waals surface area contributed by atoms with E-state index in [2.05, 4.69) is 4.98 Å². The number of nitrogens with one attached hydrogen (secondary N) is 1. The lowest BCUT2D eigenvalue weighted by Crippen LogP contribution is -2.07. The molecule has 0 spiro atoms. The lowest BCUT2D eigenvalue weighted by atomic mass is 10.0. The van der Waals surface area contributed by atoms with Crippen molar-refractivity contribution in [2.24, 2.45) is 0 Å². The molecule has 0 radical (unpaired) electrons. The Morgan fingerprint density at radius 3 is 2.22 bits per heavy atom. The van der Waals surface area contributed by atoms with Crippen LogP contribution in [-0.4, -0.2) is 31.7 Å². The first kappa shape index (κ1) is 22.0. The molecule has 0 saturated carbocycles. The molecule has 0 bridgehead atoms. The van der Waals surface area contributed by atoms with Gasteiger partial charge in [-0.1, -0.05) is 24.3 Å². The summed E-state index contributed by atoms with van der Waals surface area (Å²) in [7, 11) is 3.94. The van der Waals surface area contributed by atoms with Crippen molar-refractivity contribution < 1.29 is 22.7 Å². The molecule has 2 aromatic heterocycles. The van der Waals surface area contributed by atoms with Gasteiger partial charge in [-0.05, 0) is 48.4 Å². The van der Waals surface area contributed by atoms with E-state index in [0.717, 1.165) is 38.5 Å². The SMILES string of the molecule is CCOC(=O)c1[nH]c2cc(-c3ccc(N(C)C)cc3)sc2c1-c1ccc(C(F)(F)F)cc1. The molecule has 4 aromatic rings. The maximum Gasteiger partial charge on any atom is 0.416 e. The number of benzene rings is 2. The van der Waals surface area contributed by atoms with E-state index in [9.17, 15) is 18.0 Å². The van der Waals surface area contributed by atoms with Gasteiger partial charge in [-0.25, -0.2) is 4.79 Å². The zero-order chi connectivity index (χ0) is 23.0. The van der Waals surface area contributed by atoms with Crippen molar-refractivity contribution in [2.45, 2.75) is 13.1 Å². The number of aromatic nitrogens is 1. The van der Waals surface area contributed by atoms with Crippen molar-refractivity contribution in [3.63, 3.8) is 0 Å². The standard InChI is InChI=1S/C24H21F3N2O2S/c1-4-31-23(30)21-20(15-5-9-16(10-6-15)24(25,26)27)22-18(28-21)13-19(32-22)14-7-11-17(12-8-14)29(2)3/h5-13,28H,4H2,1-3H3. The largest absolute Gasteiger partial charge is 0.461 e. The number of aromatic amines is 1. The number of rotatable bonds is 5. The average molecular weight is 459 g/mol. The third-order valence-corrected chi connectivity index (χ3v) is 6.32. The second-order valence-corrected chi connectivity index (χ2v) is 8.52. The number of fused-ring (bicyclic) bond motifs is 1. The summed E-state index contributed by atoms with van der Waals surface area (Å²) in [6.07, 6.45) is -4.43. The number of halogens is 3. The van der Waals surface area contributed by atoms with E-state index >= 15 is 0 Å². The topological polar surface area (TPSA) is 45.3 Å². The Bertz CT molecular complexity index is 1250. The molecule has 1 N–H and O–H groups in total. The predicted molar refractivity (Wildman–Crippen MR) is 122 cm³/mol. The zero-order valence-electron chi connectivity index (χ0n) is 17.7. The van der Waals surface area contributed by atoms with Crippen molar-refractivity contribution in [2.75, 3.05) is 25.6 Å². The third kappa shape index (κ3) is 4.10. The number of carbonyl (C=O) groups excluding carboxylic acids is 1. The summed E-state index contributed by atoms with van der Waals surface area (Å²) < 4.78 is 45.0. The van der Waals surface area contributed by atoms with Crippen LogP contribution in [0.15, 0.2) is 54.6 Å². The van der Waals surface area contributed by atoms with E-state index in [-0.39, 0.29) is 12.3 Å². The Hall–Kier alpha value is -3.26. The van der Waals surface area contributed by atoms with Gasteiger partial charge < -0.3 is 14.6 Å². The first-order valence-corrected chi connectivity index (χ1v) is 10.8. The van der Waals surface area contributed by atoms with E-state index in [1.807, 2.05) is 49.3 Å². The Morgan fingerprint density at radius 1 is 1.03 bits per heavy atom. The van der Waals surface area contributed by atoms with Gasteiger partial charge in [0.2, 0.25) is 0 Å². The van der Waals surface area contributed by atoms with Gasteiger partial charge in [-0.3, -0.25) is 0 Å². The van der Waals surface area contributed by atoms with Crippen LogP contribution < -0.4 is 4.90 Å². The highest BCUT2D eigenvalue weighted by Gasteiger charge is 2.30. The van der Waals surface area contributed by atoms with Gasteiger partial charge >= 0.3 is 12.1 Å². The summed E-state index contributed by atoms with van der Waals surface area (Å²) in [6.45, 7) is 1.90. The summed E-state index contributed by atoms with van der Waals surface area (Å²) in [4.78, 5) is 18.7. The number of H-pyrrole nitrogens is 1. The molecule has 32 heavy (non-hydrogen) atoms. The number of thiophene rings is 1. The summed E-state index contributed by atoms with van der Waals surface area (Å²) in [5, 5.41) is 0. The molecular weight excluding hydrogens is 437 g/mol. The summed E-state index contributed by atoms with van der Waals surface area (Å²) in [6, 6.07) is 14.8. The molecule has 0 atom stereocenters. The van der Waals surface area contributed by atoms with Crippen LogP contribution >= 0.6 is 11.3 Å². The van der Waals surface area contributed by atoms with Gasteiger partial charge in [0.1, 0.15) is 5.69 Å². The van der Waals surface area contributed by atoms with Crippen LogP contribution in [0.4, 0.5) is 18.9 Å².